The van der Waals surface area contributed by atoms with E-state index in [0.29, 0.717) is 5.16 Å². The van der Waals surface area contributed by atoms with E-state index in [1.165, 1.54) is 16.4 Å². The van der Waals surface area contributed by atoms with Crippen molar-refractivity contribution in [3.63, 3.8) is 0 Å². The first-order valence-electron chi connectivity index (χ1n) is 8.71. The van der Waals surface area contributed by atoms with Crippen molar-refractivity contribution in [3.8, 4) is 11.3 Å². The highest BCUT2D eigenvalue weighted by atomic mass is 32.2. The lowest BCUT2D eigenvalue weighted by molar-refractivity contribution is -0.118. The van der Waals surface area contributed by atoms with Crippen molar-refractivity contribution in [1.29, 1.82) is 0 Å². The van der Waals surface area contributed by atoms with Crippen LogP contribution in [0, 0.1) is 0 Å². The Kier molecular flexibility index (Phi) is 6.33. The lowest BCUT2D eigenvalue weighted by Crippen LogP contribution is -2.35. The molecule has 1 heterocycles. The number of imidazole rings is 1. The van der Waals surface area contributed by atoms with Gasteiger partial charge in [0.1, 0.15) is 0 Å². The highest BCUT2D eigenvalue weighted by Gasteiger charge is 2.18. The first-order chi connectivity index (χ1) is 13.5. The molecule has 0 fully saturated rings. The number of carbonyl (C=O) groups excluding carboxylic acids is 2. The van der Waals surface area contributed by atoms with Gasteiger partial charge in [-0.2, -0.15) is 0 Å². The Labute approximate surface area is 167 Å². The molecular weight excluding hydrogens is 374 g/mol. The highest BCUT2D eigenvalue weighted by molar-refractivity contribution is 7.99. The second-order valence-electron chi connectivity index (χ2n) is 6.07. The van der Waals surface area contributed by atoms with E-state index in [1.54, 1.807) is 11.1 Å². The zero-order chi connectivity index (χ0) is 19.9. The average molecular weight is 395 g/mol. The molecule has 1 aromatic heterocycles. The van der Waals surface area contributed by atoms with Gasteiger partial charge in [0.15, 0.2) is 5.16 Å². The summed E-state index contributed by atoms with van der Waals surface area (Å²) in [4.78, 5) is 30.0. The van der Waals surface area contributed by atoms with Crippen molar-refractivity contribution in [2.75, 3.05) is 23.0 Å². The van der Waals surface area contributed by atoms with E-state index in [-0.39, 0.29) is 24.6 Å². The molecule has 0 aliphatic heterocycles. The van der Waals surface area contributed by atoms with Crippen LogP contribution in [0.15, 0.2) is 72.0 Å². The van der Waals surface area contributed by atoms with Crippen LogP contribution in [0.3, 0.4) is 0 Å². The third kappa shape index (κ3) is 4.92. The molecule has 0 unspecified atom stereocenters. The Hall–Kier alpha value is -3.26. The fraction of sp³-hybridized carbons (Fsp3) is 0.150. The summed E-state index contributed by atoms with van der Waals surface area (Å²) in [6.45, 7) is 0.227. The van der Waals surface area contributed by atoms with E-state index in [2.05, 4.69) is 4.98 Å². The topological polar surface area (TPSA) is 107 Å². The van der Waals surface area contributed by atoms with Crippen molar-refractivity contribution in [1.82, 2.24) is 9.66 Å². The summed E-state index contributed by atoms with van der Waals surface area (Å²) >= 11 is 1.25. The van der Waals surface area contributed by atoms with Crippen molar-refractivity contribution >= 4 is 29.3 Å². The number of hydrogen-bond acceptors (Lipinski definition) is 5. The minimum Gasteiger partial charge on any atom is -0.370 e. The minimum absolute atomic E-state index is 0.0922. The predicted octanol–water partition coefficient (Wildman–Crippen LogP) is 2.26. The van der Waals surface area contributed by atoms with Crippen molar-refractivity contribution < 1.29 is 9.59 Å². The Morgan fingerprint density at radius 1 is 1.04 bits per heavy atom. The Bertz CT molecular complexity index is 944. The fourth-order valence-electron chi connectivity index (χ4n) is 2.66. The fourth-order valence-corrected chi connectivity index (χ4v) is 3.44. The second kappa shape index (κ2) is 9.09. The van der Waals surface area contributed by atoms with E-state index in [4.69, 9.17) is 11.6 Å². The summed E-state index contributed by atoms with van der Waals surface area (Å²) in [5, 5.41) is 0.537. The zero-order valence-electron chi connectivity index (χ0n) is 15.2. The van der Waals surface area contributed by atoms with Crippen LogP contribution >= 0.6 is 11.8 Å². The molecule has 28 heavy (non-hydrogen) atoms. The number of anilines is 1. The van der Waals surface area contributed by atoms with Crippen LogP contribution < -0.4 is 16.5 Å². The van der Waals surface area contributed by atoms with Gasteiger partial charge in [0.05, 0.1) is 17.6 Å². The predicted molar refractivity (Wildman–Crippen MR) is 111 cm³/mol. The Balaban J connectivity index is 1.70. The number of thioether (sulfide) groups is 1. The molecule has 0 saturated heterocycles. The maximum Gasteiger partial charge on any atom is 0.237 e. The smallest absolute Gasteiger partial charge is 0.237 e. The number of amides is 2. The maximum atomic E-state index is 12.8. The summed E-state index contributed by atoms with van der Waals surface area (Å²) in [5.41, 5.74) is 7.66. The molecule has 0 radical (unpaired) electrons. The van der Waals surface area contributed by atoms with Gasteiger partial charge in [-0.25, -0.2) is 9.66 Å². The third-order valence-electron chi connectivity index (χ3n) is 4.04. The number of primary amides is 1. The van der Waals surface area contributed by atoms with E-state index < -0.39 is 5.91 Å². The average Bonchev–Trinajstić information content (AvgIpc) is 3.08. The zero-order valence-corrected chi connectivity index (χ0v) is 16.0. The van der Waals surface area contributed by atoms with Gasteiger partial charge in [-0.15, -0.1) is 0 Å². The quantitative estimate of drug-likeness (QED) is 0.449. The first kappa shape index (κ1) is 19.5. The van der Waals surface area contributed by atoms with Crippen LogP contribution in [-0.2, 0) is 9.59 Å². The molecule has 7 nitrogen and oxygen atoms in total. The summed E-state index contributed by atoms with van der Waals surface area (Å²) in [7, 11) is 0. The SMILES string of the molecule is NC(=O)CCN(C(=O)CSc1nc(-c2ccccc2)cn1N)c1ccccc1. The van der Waals surface area contributed by atoms with Crippen LogP contribution in [0.25, 0.3) is 11.3 Å². The molecule has 0 saturated carbocycles. The van der Waals surface area contributed by atoms with Gasteiger partial charge in [-0.1, -0.05) is 60.3 Å². The van der Waals surface area contributed by atoms with Gasteiger partial charge in [-0.05, 0) is 12.1 Å². The standard InChI is InChI=1S/C20H21N5O2S/c21-18(26)11-12-24(16-9-5-2-6-10-16)19(27)14-28-20-23-17(13-25(20)22)15-7-3-1-4-8-15/h1-10,13H,11-12,14,22H2,(H2,21,26). The minimum atomic E-state index is -0.452. The molecule has 8 heteroatoms. The number of rotatable bonds is 8. The number of nitrogen functional groups attached to an aromatic ring is 1. The van der Waals surface area contributed by atoms with Crippen LogP contribution in [-0.4, -0.2) is 33.8 Å². The van der Waals surface area contributed by atoms with Crippen LogP contribution in [0.5, 0.6) is 0 Å². The van der Waals surface area contributed by atoms with Crippen LogP contribution in [0.4, 0.5) is 5.69 Å². The second-order valence-corrected chi connectivity index (χ2v) is 7.01. The van der Waals surface area contributed by atoms with E-state index in [9.17, 15) is 9.59 Å². The van der Waals surface area contributed by atoms with Gasteiger partial charge in [0.2, 0.25) is 11.8 Å². The van der Waals surface area contributed by atoms with Crippen molar-refractivity contribution in [2.24, 2.45) is 5.73 Å². The molecule has 2 aromatic carbocycles. The van der Waals surface area contributed by atoms with Gasteiger partial charge >= 0.3 is 0 Å². The van der Waals surface area contributed by atoms with Crippen LogP contribution in [0.1, 0.15) is 6.42 Å². The van der Waals surface area contributed by atoms with Gasteiger partial charge in [-0.3, -0.25) is 9.59 Å². The lowest BCUT2D eigenvalue weighted by Gasteiger charge is -2.22. The monoisotopic (exact) mass is 395 g/mol. The molecule has 0 atom stereocenters. The highest BCUT2D eigenvalue weighted by Crippen LogP contribution is 2.24. The van der Waals surface area contributed by atoms with Gasteiger partial charge in [0.25, 0.3) is 0 Å². The Morgan fingerprint density at radius 3 is 2.32 bits per heavy atom. The number of nitrogens with two attached hydrogens (primary N) is 2. The normalized spacial score (nSPS) is 10.6. The summed E-state index contributed by atoms with van der Waals surface area (Å²) in [6.07, 6.45) is 1.82. The van der Waals surface area contributed by atoms with E-state index in [0.717, 1.165) is 16.9 Å². The summed E-state index contributed by atoms with van der Waals surface area (Å²) < 4.78 is 1.41. The summed E-state index contributed by atoms with van der Waals surface area (Å²) in [5.74, 6) is 5.53. The molecule has 144 valence electrons. The molecule has 2 amide bonds. The van der Waals surface area contributed by atoms with E-state index in [1.807, 2.05) is 60.7 Å². The maximum absolute atomic E-state index is 12.8. The first-order valence-corrected chi connectivity index (χ1v) is 9.69. The summed E-state index contributed by atoms with van der Waals surface area (Å²) in [6, 6.07) is 18.9. The van der Waals surface area contributed by atoms with Gasteiger partial charge < -0.3 is 16.5 Å². The molecule has 4 N–H and O–H groups in total. The number of para-hydroxylation sites is 1. The number of hydrogen-bond donors (Lipinski definition) is 2. The van der Waals surface area contributed by atoms with E-state index >= 15 is 0 Å². The molecule has 0 aliphatic rings. The Morgan fingerprint density at radius 2 is 1.68 bits per heavy atom. The molecule has 3 aromatic rings. The molecule has 0 aliphatic carbocycles. The molecular formula is C20H21N5O2S. The molecule has 3 rings (SSSR count). The number of benzene rings is 2. The third-order valence-corrected chi connectivity index (χ3v) is 4.99. The van der Waals surface area contributed by atoms with Crippen molar-refractivity contribution in [3.05, 3.63) is 66.9 Å². The number of nitrogens with zero attached hydrogens (tertiary/aromatic N) is 3. The van der Waals surface area contributed by atoms with Crippen LogP contribution in [0.2, 0.25) is 0 Å². The number of carbonyl (C=O) groups is 2. The number of aromatic nitrogens is 2. The lowest BCUT2D eigenvalue weighted by atomic mass is 10.2. The van der Waals surface area contributed by atoms with Crippen molar-refractivity contribution in [2.45, 2.75) is 11.6 Å². The largest absolute Gasteiger partial charge is 0.370 e. The molecule has 0 bridgehead atoms. The molecule has 0 spiro atoms. The van der Waals surface area contributed by atoms with Gasteiger partial charge in [0, 0.05) is 24.2 Å².